The molecule has 1 aliphatic rings. The Morgan fingerprint density at radius 1 is 1.07 bits per heavy atom. The van der Waals surface area contributed by atoms with Crippen molar-refractivity contribution in [3.8, 4) is 0 Å². The van der Waals surface area contributed by atoms with Gasteiger partial charge in [-0.25, -0.2) is 13.2 Å². The van der Waals surface area contributed by atoms with Gasteiger partial charge < -0.3 is 10.1 Å². The Morgan fingerprint density at radius 2 is 1.72 bits per heavy atom. The van der Waals surface area contributed by atoms with E-state index in [0.717, 1.165) is 11.1 Å². The lowest BCUT2D eigenvalue weighted by molar-refractivity contribution is -0.147. The van der Waals surface area contributed by atoms with E-state index in [2.05, 4.69) is 10.0 Å². The molecule has 0 bridgehead atoms. The molecule has 3 rings (SSSR count). The predicted molar refractivity (Wildman–Crippen MR) is 109 cm³/mol. The minimum Gasteiger partial charge on any atom is -0.458 e. The first kappa shape index (κ1) is 20.9. The van der Waals surface area contributed by atoms with Crippen molar-refractivity contribution >= 4 is 27.6 Å². The SMILES string of the molecule is Cc1ccc(NS(=O)(=O)c2ccc(C(=O)NC3CC(C)(C)OC3=O)cc2)cc1C. The van der Waals surface area contributed by atoms with Crippen molar-refractivity contribution in [1.29, 1.82) is 0 Å². The molecule has 1 amide bonds. The van der Waals surface area contributed by atoms with Crippen molar-refractivity contribution in [2.24, 2.45) is 0 Å². The summed E-state index contributed by atoms with van der Waals surface area (Å²) in [6.45, 7) is 7.41. The molecular formula is C21H24N2O5S. The van der Waals surface area contributed by atoms with Crippen molar-refractivity contribution in [3.05, 3.63) is 59.2 Å². The average Bonchev–Trinajstić information content (AvgIpc) is 2.89. The van der Waals surface area contributed by atoms with Gasteiger partial charge in [-0.3, -0.25) is 9.52 Å². The summed E-state index contributed by atoms with van der Waals surface area (Å²) in [5.41, 5.74) is 2.15. The molecule has 2 aromatic carbocycles. The number of carbonyl (C=O) groups excluding carboxylic acids is 2. The van der Waals surface area contributed by atoms with Crippen LogP contribution >= 0.6 is 0 Å². The lowest BCUT2D eigenvalue weighted by Gasteiger charge is -2.14. The second-order valence-electron chi connectivity index (χ2n) is 7.84. The number of benzene rings is 2. The van der Waals surface area contributed by atoms with Crippen LogP contribution in [0.25, 0.3) is 0 Å². The molecule has 1 fully saturated rings. The van der Waals surface area contributed by atoms with Crippen LogP contribution in [0.3, 0.4) is 0 Å². The first-order valence-corrected chi connectivity index (χ1v) is 10.7. The second-order valence-corrected chi connectivity index (χ2v) is 9.52. The molecule has 7 nitrogen and oxygen atoms in total. The van der Waals surface area contributed by atoms with Crippen LogP contribution in [0.2, 0.25) is 0 Å². The monoisotopic (exact) mass is 416 g/mol. The van der Waals surface area contributed by atoms with E-state index in [1.165, 1.54) is 24.3 Å². The molecule has 0 radical (unpaired) electrons. The Balaban J connectivity index is 1.71. The molecule has 0 aliphatic carbocycles. The van der Waals surface area contributed by atoms with E-state index in [9.17, 15) is 18.0 Å². The lowest BCUT2D eigenvalue weighted by atomic mass is 10.0. The number of cyclic esters (lactones) is 1. The van der Waals surface area contributed by atoms with Gasteiger partial charge >= 0.3 is 5.97 Å². The quantitative estimate of drug-likeness (QED) is 0.730. The van der Waals surface area contributed by atoms with Crippen molar-refractivity contribution < 1.29 is 22.7 Å². The van der Waals surface area contributed by atoms with E-state index in [4.69, 9.17) is 4.74 Å². The molecule has 1 atom stereocenters. The molecule has 154 valence electrons. The molecule has 0 aromatic heterocycles. The van der Waals surface area contributed by atoms with E-state index in [0.29, 0.717) is 12.1 Å². The van der Waals surface area contributed by atoms with Crippen molar-refractivity contribution in [2.75, 3.05) is 4.72 Å². The molecule has 8 heteroatoms. The highest BCUT2D eigenvalue weighted by molar-refractivity contribution is 7.92. The van der Waals surface area contributed by atoms with E-state index in [1.54, 1.807) is 26.0 Å². The second kappa shape index (κ2) is 7.51. The summed E-state index contributed by atoms with van der Waals surface area (Å²) in [5, 5.41) is 2.63. The van der Waals surface area contributed by atoms with Gasteiger partial charge in [0.15, 0.2) is 0 Å². The molecule has 2 aromatic rings. The van der Waals surface area contributed by atoms with Gasteiger partial charge in [0.05, 0.1) is 4.90 Å². The largest absolute Gasteiger partial charge is 0.458 e. The number of carbonyl (C=O) groups is 2. The lowest BCUT2D eigenvalue weighted by Crippen LogP contribution is -2.38. The standard InChI is InChI=1S/C21H24N2O5S/c1-13-5-8-16(11-14(13)2)23-29(26,27)17-9-6-15(7-10-17)19(24)22-18-12-21(3,4)28-20(18)25/h5-11,18,23H,12H2,1-4H3,(H,22,24). The van der Waals surface area contributed by atoms with Gasteiger partial charge in [0.25, 0.3) is 15.9 Å². The number of hydrogen-bond donors (Lipinski definition) is 2. The van der Waals surface area contributed by atoms with E-state index in [-0.39, 0.29) is 10.5 Å². The molecular weight excluding hydrogens is 392 g/mol. The van der Waals surface area contributed by atoms with Crippen LogP contribution in [0.1, 0.15) is 41.8 Å². The summed E-state index contributed by atoms with van der Waals surface area (Å²) < 4.78 is 32.9. The number of sulfonamides is 1. The Morgan fingerprint density at radius 3 is 2.28 bits per heavy atom. The van der Waals surface area contributed by atoms with Crippen LogP contribution in [0, 0.1) is 13.8 Å². The highest BCUT2D eigenvalue weighted by atomic mass is 32.2. The summed E-state index contributed by atoms with van der Waals surface area (Å²) in [6.07, 6.45) is 0.379. The molecule has 1 heterocycles. The van der Waals surface area contributed by atoms with E-state index < -0.39 is 33.5 Å². The van der Waals surface area contributed by atoms with Gasteiger partial charge in [0.2, 0.25) is 0 Å². The molecule has 1 unspecified atom stereocenters. The number of hydrogen-bond acceptors (Lipinski definition) is 5. The third-order valence-electron chi connectivity index (χ3n) is 4.85. The van der Waals surface area contributed by atoms with Gasteiger partial charge in [-0.05, 0) is 75.2 Å². The highest BCUT2D eigenvalue weighted by Crippen LogP contribution is 2.26. The first-order chi connectivity index (χ1) is 13.5. The maximum atomic E-state index is 12.6. The number of nitrogens with one attached hydrogen (secondary N) is 2. The number of amides is 1. The van der Waals surface area contributed by atoms with Gasteiger partial charge in [0, 0.05) is 17.7 Å². The van der Waals surface area contributed by atoms with Gasteiger partial charge in [-0.15, -0.1) is 0 Å². The summed E-state index contributed by atoms with van der Waals surface area (Å²) in [7, 11) is -3.79. The van der Waals surface area contributed by atoms with E-state index >= 15 is 0 Å². The maximum Gasteiger partial charge on any atom is 0.329 e. The highest BCUT2D eigenvalue weighted by Gasteiger charge is 2.40. The van der Waals surface area contributed by atoms with Crippen LogP contribution in [0.5, 0.6) is 0 Å². The molecule has 1 saturated heterocycles. The minimum absolute atomic E-state index is 0.0358. The zero-order valence-electron chi connectivity index (χ0n) is 16.8. The van der Waals surface area contributed by atoms with Crippen LogP contribution < -0.4 is 10.0 Å². The van der Waals surface area contributed by atoms with Crippen molar-refractivity contribution in [1.82, 2.24) is 5.32 Å². The van der Waals surface area contributed by atoms with Crippen LogP contribution in [-0.2, 0) is 19.6 Å². The zero-order chi connectivity index (χ0) is 21.4. The van der Waals surface area contributed by atoms with Gasteiger partial charge in [0.1, 0.15) is 11.6 Å². The third kappa shape index (κ3) is 4.76. The minimum atomic E-state index is -3.79. The Labute approximate surface area is 170 Å². The average molecular weight is 416 g/mol. The number of anilines is 1. The molecule has 1 aliphatic heterocycles. The van der Waals surface area contributed by atoms with Crippen LogP contribution in [0.4, 0.5) is 5.69 Å². The summed E-state index contributed by atoms with van der Waals surface area (Å²) in [4.78, 5) is 24.3. The number of ether oxygens (including phenoxy) is 1. The first-order valence-electron chi connectivity index (χ1n) is 9.21. The number of rotatable bonds is 5. The van der Waals surface area contributed by atoms with Crippen molar-refractivity contribution in [2.45, 2.75) is 50.7 Å². The third-order valence-corrected chi connectivity index (χ3v) is 6.25. The molecule has 29 heavy (non-hydrogen) atoms. The maximum absolute atomic E-state index is 12.6. The fourth-order valence-electron chi connectivity index (χ4n) is 3.12. The molecule has 2 N–H and O–H groups in total. The van der Waals surface area contributed by atoms with Crippen LogP contribution in [0.15, 0.2) is 47.4 Å². The van der Waals surface area contributed by atoms with Crippen LogP contribution in [-0.4, -0.2) is 31.9 Å². The smallest absolute Gasteiger partial charge is 0.329 e. The Bertz CT molecular complexity index is 1060. The molecule has 0 saturated carbocycles. The zero-order valence-corrected chi connectivity index (χ0v) is 17.6. The van der Waals surface area contributed by atoms with E-state index in [1.807, 2.05) is 19.9 Å². The predicted octanol–water partition coefficient (Wildman–Crippen LogP) is 2.93. The fourth-order valence-corrected chi connectivity index (χ4v) is 4.17. The Hall–Kier alpha value is -2.87. The number of esters is 1. The summed E-state index contributed by atoms with van der Waals surface area (Å²) in [6, 6.07) is 10.1. The fraction of sp³-hybridized carbons (Fsp3) is 0.333. The Kier molecular flexibility index (Phi) is 5.40. The topological polar surface area (TPSA) is 102 Å². The summed E-state index contributed by atoms with van der Waals surface area (Å²) in [5.74, 6) is -0.934. The van der Waals surface area contributed by atoms with Gasteiger partial charge in [-0.2, -0.15) is 0 Å². The number of aryl methyl sites for hydroxylation is 2. The summed E-state index contributed by atoms with van der Waals surface area (Å²) >= 11 is 0. The van der Waals surface area contributed by atoms with Crippen molar-refractivity contribution in [3.63, 3.8) is 0 Å². The van der Waals surface area contributed by atoms with Gasteiger partial charge in [-0.1, -0.05) is 6.07 Å². The normalized spacial score (nSPS) is 18.2. The molecule has 0 spiro atoms.